The maximum Gasteiger partial charge on any atom is 0.367 e. The molecule has 0 aliphatic heterocycles. The molecule has 0 aliphatic rings. The number of methoxy groups -OCH3 is 2. The van der Waals surface area contributed by atoms with Crippen LogP contribution in [-0.4, -0.2) is 43.8 Å². The number of hydrogen-bond donors (Lipinski definition) is 0. The van der Waals surface area contributed by atoms with Crippen molar-refractivity contribution in [1.29, 1.82) is 0 Å². The van der Waals surface area contributed by atoms with Crippen LogP contribution < -0.4 is 15.2 Å². The Hall–Kier alpha value is -4.47. The molecule has 0 bridgehead atoms. The third-order valence-electron chi connectivity index (χ3n) is 5.64. The average molecular weight is 458 g/mol. The molecular formula is C24H22N6O4. The summed E-state index contributed by atoms with van der Waals surface area (Å²) in [5.74, 6) is 1.58. The van der Waals surface area contributed by atoms with Crippen molar-refractivity contribution in [3.8, 4) is 34.1 Å². The van der Waals surface area contributed by atoms with Gasteiger partial charge in [0.25, 0.3) is 0 Å². The molecule has 10 nitrogen and oxygen atoms in total. The highest BCUT2D eigenvalue weighted by atomic mass is 16.5. The number of aryl methyl sites for hydroxylation is 2. The number of nitrogens with zero attached hydrogens (tertiary/aromatic N) is 6. The highest BCUT2D eigenvalue weighted by Crippen LogP contribution is 2.36. The SMILES string of the molecule is COc1cccc(-c2noc(Cn3nc4ccc(-c5ccc(C)c(C)c5)nn4c3=O)n2)c1OC. The molecule has 0 spiro atoms. The lowest BCUT2D eigenvalue weighted by atomic mass is 10.0. The Kier molecular flexibility index (Phi) is 5.33. The van der Waals surface area contributed by atoms with Gasteiger partial charge in [-0.2, -0.15) is 14.6 Å². The van der Waals surface area contributed by atoms with E-state index in [1.165, 1.54) is 21.9 Å². The quantitative estimate of drug-likeness (QED) is 0.381. The molecule has 10 heteroatoms. The van der Waals surface area contributed by atoms with E-state index in [-0.39, 0.29) is 12.4 Å². The molecule has 0 saturated carbocycles. The molecule has 3 aromatic heterocycles. The first-order chi connectivity index (χ1) is 16.5. The predicted octanol–water partition coefficient (Wildman–Crippen LogP) is 3.29. The number of aromatic nitrogens is 6. The van der Waals surface area contributed by atoms with Crippen LogP contribution in [-0.2, 0) is 6.54 Å². The summed E-state index contributed by atoms with van der Waals surface area (Å²) in [7, 11) is 3.09. The second-order valence-electron chi connectivity index (χ2n) is 7.78. The van der Waals surface area contributed by atoms with Crippen LogP contribution in [0.1, 0.15) is 17.0 Å². The number of ether oxygens (including phenoxy) is 2. The Balaban J connectivity index is 1.46. The lowest BCUT2D eigenvalue weighted by Crippen LogP contribution is -2.23. The average Bonchev–Trinajstić information content (AvgIpc) is 3.44. The molecule has 5 rings (SSSR count). The summed E-state index contributed by atoms with van der Waals surface area (Å²) < 4.78 is 18.7. The maximum atomic E-state index is 13.0. The van der Waals surface area contributed by atoms with Crippen molar-refractivity contribution in [2.24, 2.45) is 0 Å². The first kappa shape index (κ1) is 21.4. The fourth-order valence-electron chi connectivity index (χ4n) is 3.69. The number of benzene rings is 2. The van der Waals surface area contributed by atoms with Crippen LogP contribution >= 0.6 is 0 Å². The number of fused-ring (bicyclic) bond motifs is 1. The molecule has 0 fully saturated rings. The van der Waals surface area contributed by atoms with Crippen LogP contribution in [0.15, 0.2) is 57.8 Å². The van der Waals surface area contributed by atoms with E-state index in [4.69, 9.17) is 14.0 Å². The summed E-state index contributed by atoms with van der Waals surface area (Å²) in [6.45, 7) is 4.10. The predicted molar refractivity (Wildman–Crippen MR) is 124 cm³/mol. The van der Waals surface area contributed by atoms with Gasteiger partial charge in [-0.25, -0.2) is 9.48 Å². The van der Waals surface area contributed by atoms with E-state index in [1.807, 2.05) is 31.2 Å². The maximum absolute atomic E-state index is 13.0. The van der Waals surface area contributed by atoms with Crippen LogP contribution in [0.5, 0.6) is 11.5 Å². The van der Waals surface area contributed by atoms with Crippen molar-refractivity contribution in [3.05, 3.63) is 76.0 Å². The lowest BCUT2D eigenvalue weighted by molar-refractivity contribution is 0.354. The molecule has 172 valence electrons. The molecule has 34 heavy (non-hydrogen) atoms. The van der Waals surface area contributed by atoms with E-state index in [2.05, 4.69) is 27.3 Å². The van der Waals surface area contributed by atoms with Gasteiger partial charge in [-0.3, -0.25) is 0 Å². The van der Waals surface area contributed by atoms with Crippen LogP contribution in [0.25, 0.3) is 28.3 Å². The minimum Gasteiger partial charge on any atom is -0.493 e. The van der Waals surface area contributed by atoms with Crippen molar-refractivity contribution < 1.29 is 14.0 Å². The largest absolute Gasteiger partial charge is 0.493 e. The van der Waals surface area contributed by atoms with Gasteiger partial charge >= 0.3 is 5.69 Å². The molecular weight excluding hydrogens is 436 g/mol. The van der Waals surface area contributed by atoms with Crippen LogP contribution in [0.2, 0.25) is 0 Å². The van der Waals surface area contributed by atoms with E-state index in [9.17, 15) is 4.79 Å². The third-order valence-corrected chi connectivity index (χ3v) is 5.64. The lowest BCUT2D eigenvalue weighted by Gasteiger charge is -2.09. The van der Waals surface area contributed by atoms with Gasteiger partial charge in [-0.05, 0) is 55.3 Å². The molecule has 0 amide bonds. The summed E-state index contributed by atoms with van der Waals surface area (Å²) in [6, 6.07) is 15.0. The van der Waals surface area contributed by atoms with E-state index < -0.39 is 5.69 Å². The van der Waals surface area contributed by atoms with Gasteiger partial charge in [0.05, 0.1) is 25.5 Å². The number of hydrogen-bond acceptors (Lipinski definition) is 8. The molecule has 0 unspecified atom stereocenters. The second-order valence-corrected chi connectivity index (χ2v) is 7.78. The Morgan fingerprint density at radius 3 is 2.59 bits per heavy atom. The Morgan fingerprint density at radius 1 is 0.971 bits per heavy atom. The second kappa shape index (κ2) is 8.47. The molecule has 0 saturated heterocycles. The minimum absolute atomic E-state index is 0.000447. The molecule has 0 radical (unpaired) electrons. The fraction of sp³-hybridized carbons (Fsp3) is 0.208. The first-order valence-electron chi connectivity index (χ1n) is 10.6. The van der Waals surface area contributed by atoms with Crippen LogP contribution in [0, 0.1) is 13.8 Å². The van der Waals surface area contributed by atoms with Gasteiger partial charge in [-0.1, -0.05) is 23.4 Å². The molecule has 0 aliphatic carbocycles. The summed E-state index contributed by atoms with van der Waals surface area (Å²) in [4.78, 5) is 17.4. The zero-order valence-corrected chi connectivity index (χ0v) is 19.1. The third kappa shape index (κ3) is 3.68. The van der Waals surface area contributed by atoms with E-state index in [0.29, 0.717) is 34.2 Å². The van der Waals surface area contributed by atoms with Crippen molar-refractivity contribution in [1.82, 2.24) is 29.5 Å². The zero-order chi connectivity index (χ0) is 23.8. The molecule has 3 heterocycles. The molecule has 0 N–H and O–H groups in total. The van der Waals surface area contributed by atoms with E-state index in [1.54, 1.807) is 31.4 Å². The van der Waals surface area contributed by atoms with E-state index >= 15 is 0 Å². The van der Waals surface area contributed by atoms with Crippen molar-refractivity contribution in [3.63, 3.8) is 0 Å². The summed E-state index contributed by atoms with van der Waals surface area (Å²) in [5, 5.41) is 12.9. The summed E-state index contributed by atoms with van der Waals surface area (Å²) in [6.07, 6.45) is 0. The summed E-state index contributed by atoms with van der Waals surface area (Å²) in [5.41, 5.74) is 4.59. The summed E-state index contributed by atoms with van der Waals surface area (Å²) >= 11 is 0. The number of para-hydroxylation sites is 1. The first-order valence-corrected chi connectivity index (χ1v) is 10.6. The van der Waals surface area contributed by atoms with E-state index in [0.717, 1.165) is 11.1 Å². The van der Waals surface area contributed by atoms with Crippen LogP contribution in [0.4, 0.5) is 0 Å². The minimum atomic E-state index is -0.403. The van der Waals surface area contributed by atoms with Gasteiger partial charge in [-0.15, -0.1) is 5.10 Å². The molecule has 5 aromatic rings. The highest BCUT2D eigenvalue weighted by Gasteiger charge is 2.18. The topological polar surface area (TPSA) is 110 Å². The van der Waals surface area contributed by atoms with Crippen molar-refractivity contribution >= 4 is 5.65 Å². The monoisotopic (exact) mass is 458 g/mol. The smallest absolute Gasteiger partial charge is 0.367 e. The highest BCUT2D eigenvalue weighted by molar-refractivity contribution is 5.68. The van der Waals surface area contributed by atoms with Gasteiger partial charge < -0.3 is 14.0 Å². The normalized spacial score (nSPS) is 11.2. The fourth-order valence-corrected chi connectivity index (χ4v) is 3.69. The van der Waals surface area contributed by atoms with Crippen LogP contribution in [0.3, 0.4) is 0 Å². The molecule has 2 aromatic carbocycles. The Morgan fingerprint density at radius 2 is 1.82 bits per heavy atom. The van der Waals surface area contributed by atoms with Gasteiger partial charge in [0.2, 0.25) is 11.7 Å². The van der Waals surface area contributed by atoms with Gasteiger partial charge in [0.1, 0.15) is 6.54 Å². The van der Waals surface area contributed by atoms with Gasteiger partial charge in [0, 0.05) is 5.56 Å². The van der Waals surface area contributed by atoms with Crippen molar-refractivity contribution in [2.45, 2.75) is 20.4 Å². The van der Waals surface area contributed by atoms with Gasteiger partial charge in [0.15, 0.2) is 17.1 Å². The molecule has 0 atom stereocenters. The Bertz CT molecular complexity index is 1570. The number of rotatable bonds is 6. The zero-order valence-electron chi connectivity index (χ0n) is 19.1. The van der Waals surface area contributed by atoms with Crippen molar-refractivity contribution in [2.75, 3.05) is 14.2 Å². The Labute approximate surface area is 194 Å². The standard InChI is InChI=1S/C24H22N6O4/c1-14-8-9-16(12-15(14)2)18-10-11-20-27-29(24(31)30(20)26-18)13-21-25-23(28-34-21)17-6-5-7-19(32-3)22(17)33-4/h5-12H,13H2,1-4H3.